The van der Waals surface area contributed by atoms with Gasteiger partial charge in [-0.1, -0.05) is 73.5 Å². The fourth-order valence-corrected chi connectivity index (χ4v) is 4.70. The molecule has 0 bridgehead atoms. The van der Waals surface area contributed by atoms with Crippen molar-refractivity contribution in [2.75, 3.05) is 19.8 Å². The lowest BCUT2D eigenvalue weighted by molar-refractivity contribution is -0.492. The Morgan fingerprint density at radius 1 is 1.02 bits per heavy atom. The van der Waals surface area contributed by atoms with E-state index in [1.165, 1.54) is 0 Å². The summed E-state index contributed by atoms with van der Waals surface area (Å²) in [6.07, 6.45) is 2.64. The molecule has 0 spiro atoms. The van der Waals surface area contributed by atoms with E-state index in [9.17, 15) is 9.59 Å². The Morgan fingerprint density at radius 3 is 2.49 bits per heavy atom. The second-order valence-corrected chi connectivity index (χ2v) is 10.2. The van der Waals surface area contributed by atoms with Crippen molar-refractivity contribution < 1.29 is 34.3 Å². The average Bonchev–Trinajstić information content (AvgIpc) is 3.68. The van der Waals surface area contributed by atoms with Gasteiger partial charge in [0.05, 0.1) is 24.3 Å². The molecule has 0 aliphatic carbocycles. The number of nitrogens with one attached hydrogen (secondary N) is 2. The van der Waals surface area contributed by atoms with Crippen molar-refractivity contribution in [1.29, 1.82) is 0 Å². The lowest BCUT2D eigenvalue weighted by Crippen LogP contribution is -2.31. The summed E-state index contributed by atoms with van der Waals surface area (Å²) in [5.74, 6) is 0.648. The number of tetrazole rings is 1. The Bertz CT molecular complexity index is 1510. The van der Waals surface area contributed by atoms with Crippen LogP contribution in [-0.4, -0.2) is 77.8 Å². The summed E-state index contributed by atoms with van der Waals surface area (Å²) in [6, 6.07) is 15.9. The summed E-state index contributed by atoms with van der Waals surface area (Å²) in [4.78, 5) is 33.2. The topological polar surface area (TPSA) is 190 Å². The molecule has 16 heteroatoms. The Kier molecular flexibility index (Phi) is 12.8. The summed E-state index contributed by atoms with van der Waals surface area (Å²) < 4.78 is 12.3. The minimum absolute atomic E-state index is 0.0386. The molecule has 0 saturated carbocycles. The van der Waals surface area contributed by atoms with Crippen LogP contribution in [-0.2, 0) is 38.7 Å². The van der Waals surface area contributed by atoms with Gasteiger partial charge in [0.15, 0.2) is 5.15 Å². The monoisotopic (exact) mass is 642 g/mol. The normalized spacial score (nSPS) is 11.1. The molecule has 4 rings (SSSR count). The predicted octanol–water partition coefficient (Wildman–Crippen LogP) is 4.34. The van der Waals surface area contributed by atoms with Gasteiger partial charge in [0.25, 0.3) is 0 Å². The number of nitrogens with zero attached hydrogens (tertiary/aromatic N) is 6. The highest BCUT2D eigenvalue weighted by Crippen LogP contribution is 2.30. The van der Waals surface area contributed by atoms with Crippen LogP contribution in [0.1, 0.15) is 49.7 Å². The number of aryl methyl sites for hydroxylation is 1. The van der Waals surface area contributed by atoms with Gasteiger partial charge in [-0.05, 0) is 41.2 Å². The number of hydrogen-bond donors (Lipinski definition) is 4. The number of unbranched alkanes of at least 4 members (excludes halogenated alkanes) is 2. The van der Waals surface area contributed by atoms with Crippen molar-refractivity contribution in [2.24, 2.45) is 0 Å². The molecule has 0 fully saturated rings. The summed E-state index contributed by atoms with van der Waals surface area (Å²) in [7, 11) is 0. The first-order valence-electron chi connectivity index (χ1n) is 14.4. The van der Waals surface area contributed by atoms with Crippen LogP contribution in [0.15, 0.2) is 48.5 Å². The maximum atomic E-state index is 12.3. The van der Waals surface area contributed by atoms with Crippen molar-refractivity contribution in [3.63, 3.8) is 0 Å². The van der Waals surface area contributed by atoms with Gasteiger partial charge in [-0.15, -0.1) is 10.2 Å². The van der Waals surface area contributed by atoms with E-state index in [0.717, 1.165) is 40.9 Å². The first-order valence-corrected chi connectivity index (χ1v) is 14.8. The van der Waals surface area contributed by atoms with E-state index in [1.54, 1.807) is 0 Å². The highest BCUT2D eigenvalue weighted by Gasteiger charge is 2.19. The maximum Gasteiger partial charge on any atom is 0.408 e. The minimum Gasteiger partial charge on any atom is -0.464 e. The van der Waals surface area contributed by atoms with Crippen LogP contribution in [0.25, 0.3) is 22.5 Å². The van der Waals surface area contributed by atoms with E-state index in [2.05, 4.69) is 42.7 Å². The molecule has 0 radical (unpaired) electrons. The number of esters is 1. The fourth-order valence-electron chi connectivity index (χ4n) is 4.45. The van der Waals surface area contributed by atoms with Crippen LogP contribution in [0.2, 0.25) is 5.15 Å². The van der Waals surface area contributed by atoms with Gasteiger partial charge in [-0.25, -0.2) is 9.78 Å². The van der Waals surface area contributed by atoms with Crippen LogP contribution in [0.5, 0.6) is 0 Å². The van der Waals surface area contributed by atoms with E-state index in [1.807, 2.05) is 53.1 Å². The third-order valence-electron chi connectivity index (χ3n) is 6.70. The molecule has 4 N–H and O–H groups in total. The third-order valence-corrected chi connectivity index (χ3v) is 7.00. The number of alkyl carbamates (subject to hydrolysis) is 1. The molecule has 0 aliphatic rings. The van der Waals surface area contributed by atoms with Crippen LogP contribution in [0.3, 0.4) is 0 Å². The zero-order valence-electron chi connectivity index (χ0n) is 24.7. The van der Waals surface area contributed by atoms with E-state index < -0.39 is 12.1 Å². The van der Waals surface area contributed by atoms with Gasteiger partial charge < -0.3 is 19.4 Å². The molecular weight excluding hydrogens is 608 g/mol. The Hall–Kier alpha value is -4.41. The molecular formula is C29H35ClN8O7. The summed E-state index contributed by atoms with van der Waals surface area (Å²) in [6.45, 7) is 2.13. The van der Waals surface area contributed by atoms with Gasteiger partial charge in [0.2, 0.25) is 5.82 Å². The molecule has 2 aromatic carbocycles. The van der Waals surface area contributed by atoms with Crippen molar-refractivity contribution in [3.8, 4) is 22.5 Å². The highest BCUT2D eigenvalue weighted by atomic mass is 35.5. The number of aromatic nitrogens is 6. The van der Waals surface area contributed by atoms with Crippen LogP contribution in [0, 0.1) is 0 Å². The molecule has 0 unspecified atom stereocenters. The highest BCUT2D eigenvalue weighted by molar-refractivity contribution is 6.30. The number of imidazole rings is 1. The largest absolute Gasteiger partial charge is 0.464 e. The SMILES string of the molecule is CCCCc1nc(Cl)c(COC(=O)NCC(=O)OCCCCON(O)O)n1Cc1ccc(-c2ccccc2-c2nn[nH]n2)cc1. The van der Waals surface area contributed by atoms with Gasteiger partial charge >= 0.3 is 12.1 Å². The van der Waals surface area contributed by atoms with Crippen LogP contribution >= 0.6 is 11.6 Å². The lowest BCUT2D eigenvalue weighted by Gasteiger charge is -2.14. The number of benzene rings is 2. The first kappa shape index (κ1) is 33.5. The van der Waals surface area contributed by atoms with E-state index >= 15 is 0 Å². The second-order valence-electron chi connectivity index (χ2n) is 9.88. The van der Waals surface area contributed by atoms with Gasteiger partial charge in [-0.2, -0.15) is 5.21 Å². The van der Waals surface area contributed by atoms with Crippen molar-refractivity contribution in [3.05, 3.63) is 70.8 Å². The zero-order valence-corrected chi connectivity index (χ0v) is 25.4. The standard InChI is InChI=1S/C29H35ClN8O7/c1-2-3-10-25-32-27(30)24(19-44-29(40)31-17-26(39)43-15-6-7-16-45-38(41)42)37(25)18-20-11-13-21(14-12-20)22-8-4-5-9-23(22)28-33-35-36-34-28/h4-5,8-9,11-14,41-42H,2-3,6-7,10,15-19H2,1H3,(H,31,40)(H,33,34,35,36). The maximum absolute atomic E-state index is 12.3. The Morgan fingerprint density at radius 2 is 1.78 bits per heavy atom. The Balaban J connectivity index is 1.36. The van der Waals surface area contributed by atoms with Crippen molar-refractivity contribution in [2.45, 2.75) is 52.2 Å². The predicted molar refractivity (Wildman–Crippen MR) is 160 cm³/mol. The number of rotatable bonds is 17. The molecule has 0 aliphatic heterocycles. The molecule has 4 aromatic rings. The van der Waals surface area contributed by atoms with Gasteiger partial charge in [0, 0.05) is 18.5 Å². The summed E-state index contributed by atoms with van der Waals surface area (Å²) in [5.41, 5.74) is 4.35. The zero-order chi connectivity index (χ0) is 32.0. The quantitative estimate of drug-likeness (QED) is 0.0725. The minimum atomic E-state index is -0.810. The average molecular weight is 643 g/mol. The number of carbonyl (C=O) groups excluding carboxylic acids is 2. The number of aromatic amines is 1. The van der Waals surface area contributed by atoms with Gasteiger partial charge in [0.1, 0.15) is 19.0 Å². The molecule has 0 saturated heterocycles. The molecule has 0 atom stereocenters. The van der Waals surface area contributed by atoms with E-state index in [-0.39, 0.29) is 36.9 Å². The van der Waals surface area contributed by atoms with Crippen LogP contribution in [0.4, 0.5) is 4.79 Å². The third kappa shape index (κ3) is 10.1. The molecule has 15 nitrogen and oxygen atoms in total. The smallest absolute Gasteiger partial charge is 0.408 e. The van der Waals surface area contributed by atoms with Gasteiger partial charge in [-0.3, -0.25) is 20.0 Å². The molecule has 45 heavy (non-hydrogen) atoms. The number of hydrogen-bond acceptors (Lipinski definition) is 12. The number of amides is 1. The number of ether oxygens (including phenoxy) is 2. The summed E-state index contributed by atoms with van der Waals surface area (Å²) in [5, 5.41) is 33.5. The van der Waals surface area contributed by atoms with Crippen LogP contribution < -0.4 is 5.32 Å². The molecule has 240 valence electrons. The Labute approximate surface area is 263 Å². The summed E-state index contributed by atoms with van der Waals surface area (Å²) >= 11 is 6.51. The number of H-pyrrole nitrogens is 1. The van der Waals surface area contributed by atoms with Crippen molar-refractivity contribution in [1.82, 2.24) is 40.9 Å². The van der Waals surface area contributed by atoms with E-state index in [4.69, 9.17) is 31.5 Å². The lowest BCUT2D eigenvalue weighted by atomic mass is 9.98. The first-order chi connectivity index (χ1) is 21.9. The fraction of sp³-hybridized carbons (Fsp3) is 0.379. The van der Waals surface area contributed by atoms with E-state index in [0.29, 0.717) is 37.3 Å². The molecule has 2 heterocycles. The molecule has 1 amide bonds. The molecule has 2 aromatic heterocycles. The van der Waals surface area contributed by atoms with Crippen molar-refractivity contribution >= 4 is 23.7 Å². The number of halogens is 1. The second kappa shape index (κ2) is 17.2. The number of carbonyl (C=O) groups is 2.